The lowest BCUT2D eigenvalue weighted by Crippen LogP contribution is -2.29. The number of rotatable bonds is 3. The minimum absolute atomic E-state index is 0.192. The van der Waals surface area contributed by atoms with Crippen molar-refractivity contribution >= 4 is 5.91 Å². The number of hydrogen-bond acceptors (Lipinski definition) is 5. The smallest absolute Gasteiger partial charge is 0.299 e. The predicted molar refractivity (Wildman–Crippen MR) is 83.4 cm³/mol. The first kappa shape index (κ1) is 15.1. The Balaban J connectivity index is 1.82. The number of carbonyl (C=O) groups excluding carboxylic acids is 1. The van der Waals surface area contributed by atoms with E-state index >= 15 is 0 Å². The van der Waals surface area contributed by atoms with Gasteiger partial charge in [-0.25, -0.2) is 0 Å². The van der Waals surface area contributed by atoms with E-state index in [-0.39, 0.29) is 11.9 Å². The largest absolute Gasteiger partial charge is 0.497 e. The van der Waals surface area contributed by atoms with Crippen molar-refractivity contribution in [1.82, 2.24) is 15.0 Å². The second kappa shape index (κ2) is 6.53. The molecule has 6 nitrogen and oxygen atoms in total. The van der Waals surface area contributed by atoms with E-state index in [2.05, 4.69) is 22.0 Å². The van der Waals surface area contributed by atoms with Gasteiger partial charge in [-0.2, -0.15) is 4.98 Å². The van der Waals surface area contributed by atoms with E-state index in [9.17, 15) is 4.79 Å². The predicted octanol–water partition coefficient (Wildman–Crippen LogP) is 2.43. The van der Waals surface area contributed by atoms with Crippen LogP contribution >= 0.6 is 0 Å². The summed E-state index contributed by atoms with van der Waals surface area (Å²) in [6.45, 7) is 2.32. The fourth-order valence-corrected chi connectivity index (χ4v) is 2.67. The van der Waals surface area contributed by atoms with E-state index in [0.717, 1.165) is 24.2 Å². The van der Waals surface area contributed by atoms with Crippen LogP contribution < -0.4 is 4.74 Å². The Bertz CT molecular complexity index is 755. The van der Waals surface area contributed by atoms with Crippen LogP contribution in [0.4, 0.5) is 0 Å². The molecule has 0 bridgehead atoms. The van der Waals surface area contributed by atoms with E-state index in [1.54, 1.807) is 18.9 Å². The lowest BCUT2D eigenvalue weighted by Gasteiger charge is -2.18. The van der Waals surface area contributed by atoms with Crippen LogP contribution in [0, 0.1) is 11.8 Å². The first-order chi connectivity index (χ1) is 11.2. The quantitative estimate of drug-likeness (QED) is 0.814. The summed E-state index contributed by atoms with van der Waals surface area (Å²) >= 11 is 0. The molecule has 118 valence electrons. The highest BCUT2D eigenvalue weighted by Gasteiger charge is 2.33. The number of amides is 1. The summed E-state index contributed by atoms with van der Waals surface area (Å²) in [5.74, 6) is 6.74. The molecule has 1 atom stereocenters. The third kappa shape index (κ3) is 3.04. The van der Waals surface area contributed by atoms with Gasteiger partial charge in [-0.15, -0.1) is 0 Å². The standard InChI is InChI=1S/C17H17N3O3/c1-3-5-15(21)20-11-4-6-14(20)17-18-16(19-23-17)12-7-9-13(22-2)10-8-12/h7-10,14H,4,6,11H2,1-2H3. The van der Waals surface area contributed by atoms with Gasteiger partial charge in [0, 0.05) is 12.1 Å². The van der Waals surface area contributed by atoms with Gasteiger partial charge >= 0.3 is 0 Å². The Labute approximate surface area is 134 Å². The van der Waals surface area contributed by atoms with Crippen molar-refractivity contribution in [3.63, 3.8) is 0 Å². The fourth-order valence-electron chi connectivity index (χ4n) is 2.67. The molecule has 0 aliphatic carbocycles. The minimum atomic E-state index is -0.195. The topological polar surface area (TPSA) is 68.5 Å². The Hall–Kier alpha value is -2.81. The highest BCUT2D eigenvalue weighted by molar-refractivity contribution is 5.93. The number of aromatic nitrogens is 2. The molecule has 1 fully saturated rings. The van der Waals surface area contributed by atoms with Crippen molar-refractivity contribution in [2.24, 2.45) is 0 Å². The normalized spacial score (nSPS) is 16.8. The summed E-state index contributed by atoms with van der Waals surface area (Å²) in [5.41, 5.74) is 0.838. The van der Waals surface area contributed by atoms with E-state index in [4.69, 9.17) is 9.26 Å². The molecule has 2 heterocycles. The monoisotopic (exact) mass is 311 g/mol. The third-order valence-electron chi connectivity index (χ3n) is 3.82. The lowest BCUT2D eigenvalue weighted by molar-refractivity contribution is -0.126. The molecule has 1 aromatic heterocycles. The van der Waals surface area contributed by atoms with Crippen molar-refractivity contribution in [1.29, 1.82) is 0 Å². The van der Waals surface area contributed by atoms with Crippen molar-refractivity contribution in [2.45, 2.75) is 25.8 Å². The average molecular weight is 311 g/mol. The van der Waals surface area contributed by atoms with E-state index in [0.29, 0.717) is 18.3 Å². The summed E-state index contributed by atoms with van der Waals surface area (Å²) in [6, 6.07) is 7.23. The molecule has 1 aliphatic rings. The third-order valence-corrected chi connectivity index (χ3v) is 3.82. The molecule has 1 amide bonds. The van der Waals surface area contributed by atoms with Gasteiger partial charge in [0.15, 0.2) is 0 Å². The van der Waals surface area contributed by atoms with Crippen LogP contribution in [0.2, 0.25) is 0 Å². The van der Waals surface area contributed by atoms with Crippen molar-refractivity contribution < 1.29 is 14.1 Å². The van der Waals surface area contributed by atoms with Crippen molar-refractivity contribution in [3.05, 3.63) is 30.2 Å². The fraction of sp³-hybridized carbons (Fsp3) is 0.353. The van der Waals surface area contributed by atoms with Gasteiger partial charge in [0.05, 0.1) is 7.11 Å². The van der Waals surface area contributed by atoms with E-state index < -0.39 is 0 Å². The van der Waals surface area contributed by atoms with Crippen LogP contribution in [0.15, 0.2) is 28.8 Å². The second-order valence-electron chi connectivity index (χ2n) is 5.22. The van der Waals surface area contributed by atoms with Crippen molar-refractivity contribution in [3.8, 4) is 29.0 Å². The van der Waals surface area contributed by atoms with Gasteiger partial charge in [-0.05, 0) is 50.0 Å². The molecule has 1 saturated heterocycles. The lowest BCUT2D eigenvalue weighted by atomic mass is 10.2. The van der Waals surface area contributed by atoms with Crippen LogP contribution in [0.3, 0.4) is 0 Å². The van der Waals surface area contributed by atoms with Crippen LogP contribution in [0.1, 0.15) is 31.7 Å². The molecule has 1 aliphatic heterocycles. The number of nitrogens with zero attached hydrogens (tertiary/aromatic N) is 3. The van der Waals surface area contributed by atoms with Crippen LogP contribution in [0.25, 0.3) is 11.4 Å². The average Bonchev–Trinajstić information content (AvgIpc) is 3.24. The molecule has 1 aromatic carbocycles. The molecule has 3 rings (SSSR count). The number of likely N-dealkylation sites (tertiary alicyclic amines) is 1. The van der Waals surface area contributed by atoms with Crippen molar-refractivity contribution in [2.75, 3.05) is 13.7 Å². The Morgan fingerprint density at radius 3 is 2.87 bits per heavy atom. The van der Waals surface area contributed by atoms with Gasteiger partial charge in [0.1, 0.15) is 11.8 Å². The molecule has 0 spiro atoms. The van der Waals surface area contributed by atoms with E-state index in [1.165, 1.54) is 0 Å². The molecule has 6 heteroatoms. The maximum absolute atomic E-state index is 12.0. The molecule has 0 saturated carbocycles. The summed E-state index contributed by atoms with van der Waals surface area (Å²) in [6.07, 6.45) is 1.71. The zero-order chi connectivity index (χ0) is 16.2. The van der Waals surface area contributed by atoms with Gasteiger partial charge in [-0.1, -0.05) is 11.1 Å². The molecule has 23 heavy (non-hydrogen) atoms. The summed E-state index contributed by atoms with van der Waals surface area (Å²) in [7, 11) is 1.62. The highest BCUT2D eigenvalue weighted by Crippen LogP contribution is 2.32. The molecule has 0 N–H and O–H groups in total. The number of carbonyl (C=O) groups is 1. The maximum atomic E-state index is 12.0. The van der Waals surface area contributed by atoms with Gasteiger partial charge in [-0.3, -0.25) is 4.79 Å². The Morgan fingerprint density at radius 1 is 1.39 bits per heavy atom. The van der Waals surface area contributed by atoms with Gasteiger partial charge in [0.25, 0.3) is 5.91 Å². The van der Waals surface area contributed by atoms with Gasteiger partial charge < -0.3 is 14.2 Å². The summed E-state index contributed by atoms with van der Waals surface area (Å²) < 4.78 is 10.5. The Morgan fingerprint density at radius 2 is 2.17 bits per heavy atom. The molecular weight excluding hydrogens is 294 g/mol. The highest BCUT2D eigenvalue weighted by atomic mass is 16.5. The van der Waals surface area contributed by atoms with Crippen LogP contribution in [0.5, 0.6) is 5.75 Å². The SMILES string of the molecule is CC#CC(=O)N1CCCC1c1nc(-c2ccc(OC)cc2)no1. The van der Waals surface area contributed by atoms with Gasteiger partial charge in [0.2, 0.25) is 11.7 Å². The second-order valence-corrected chi connectivity index (χ2v) is 5.22. The first-order valence-electron chi connectivity index (χ1n) is 7.44. The zero-order valence-corrected chi connectivity index (χ0v) is 13.1. The maximum Gasteiger partial charge on any atom is 0.299 e. The first-order valence-corrected chi connectivity index (χ1v) is 7.44. The molecule has 2 aromatic rings. The van der Waals surface area contributed by atoms with Crippen LogP contribution in [-0.2, 0) is 4.79 Å². The summed E-state index contributed by atoms with van der Waals surface area (Å²) in [4.78, 5) is 18.2. The molecule has 0 radical (unpaired) electrons. The number of benzene rings is 1. The minimum Gasteiger partial charge on any atom is -0.497 e. The zero-order valence-electron chi connectivity index (χ0n) is 13.1. The van der Waals surface area contributed by atoms with E-state index in [1.807, 2.05) is 24.3 Å². The molecule has 1 unspecified atom stereocenters. The summed E-state index contributed by atoms with van der Waals surface area (Å²) in [5, 5.41) is 4.03. The number of hydrogen-bond donors (Lipinski definition) is 0. The van der Waals surface area contributed by atoms with Crippen LogP contribution in [-0.4, -0.2) is 34.6 Å². The number of methoxy groups -OCH3 is 1. The molecular formula is C17H17N3O3. The Kier molecular flexibility index (Phi) is 4.29. The number of ether oxygens (including phenoxy) is 1.